The van der Waals surface area contributed by atoms with Gasteiger partial charge in [0.25, 0.3) is 0 Å². The highest BCUT2D eigenvalue weighted by molar-refractivity contribution is 6.12. The molecule has 35 heavy (non-hydrogen) atoms. The molecule has 0 aromatic heterocycles. The van der Waals surface area contributed by atoms with Crippen molar-refractivity contribution >= 4 is 17.7 Å². The fourth-order valence-electron chi connectivity index (χ4n) is 4.73. The third kappa shape index (κ3) is 5.75. The van der Waals surface area contributed by atoms with Gasteiger partial charge in [-0.15, -0.1) is 0 Å². The molecule has 0 bridgehead atoms. The molecule has 3 atom stereocenters. The van der Waals surface area contributed by atoms with Crippen molar-refractivity contribution in [3.63, 3.8) is 0 Å². The van der Waals surface area contributed by atoms with Gasteiger partial charge in [-0.1, -0.05) is 26.0 Å². The Balaban J connectivity index is 2.01. The van der Waals surface area contributed by atoms with Crippen LogP contribution in [0, 0.1) is 11.8 Å². The lowest BCUT2D eigenvalue weighted by Gasteiger charge is -2.38. The van der Waals surface area contributed by atoms with Crippen LogP contribution >= 0.6 is 0 Å². The van der Waals surface area contributed by atoms with Gasteiger partial charge in [0.15, 0.2) is 5.78 Å². The number of hydrogen-bond acceptors (Lipinski definition) is 8. The zero-order valence-corrected chi connectivity index (χ0v) is 21.1. The van der Waals surface area contributed by atoms with Gasteiger partial charge < -0.3 is 24.3 Å². The zero-order chi connectivity index (χ0) is 25.5. The van der Waals surface area contributed by atoms with Crippen molar-refractivity contribution in [2.24, 2.45) is 11.8 Å². The lowest BCUT2D eigenvalue weighted by molar-refractivity contribution is -0.151. The first-order valence-electron chi connectivity index (χ1n) is 12.1. The quantitative estimate of drug-likeness (QED) is 0.304. The van der Waals surface area contributed by atoms with Gasteiger partial charge in [-0.2, -0.15) is 0 Å². The average Bonchev–Trinajstić information content (AvgIpc) is 2.83. The molecule has 0 radical (unpaired) electrons. The van der Waals surface area contributed by atoms with Gasteiger partial charge >= 0.3 is 11.9 Å². The number of hydrogen-bond donors (Lipinski definition) is 1. The van der Waals surface area contributed by atoms with Crippen LogP contribution in [0.5, 0.6) is 5.75 Å². The largest absolute Gasteiger partial charge is 0.494 e. The van der Waals surface area contributed by atoms with Crippen molar-refractivity contribution < 1.29 is 33.3 Å². The van der Waals surface area contributed by atoms with Gasteiger partial charge in [-0.3, -0.25) is 9.59 Å². The number of carbonyl (C=O) groups is 3. The van der Waals surface area contributed by atoms with Gasteiger partial charge in [0, 0.05) is 29.5 Å². The molecule has 8 nitrogen and oxygen atoms in total. The van der Waals surface area contributed by atoms with Crippen LogP contribution < -0.4 is 10.1 Å². The molecule has 1 aliphatic carbocycles. The van der Waals surface area contributed by atoms with Crippen LogP contribution in [0.25, 0.3) is 0 Å². The molecule has 8 heteroatoms. The van der Waals surface area contributed by atoms with Crippen molar-refractivity contribution in [1.82, 2.24) is 5.32 Å². The number of ketones is 1. The first-order valence-corrected chi connectivity index (χ1v) is 12.1. The van der Waals surface area contributed by atoms with Crippen molar-refractivity contribution in [3.05, 3.63) is 52.4 Å². The molecule has 0 spiro atoms. The molecule has 0 unspecified atom stereocenters. The van der Waals surface area contributed by atoms with E-state index >= 15 is 0 Å². The predicted molar refractivity (Wildman–Crippen MR) is 130 cm³/mol. The average molecular weight is 486 g/mol. The van der Waals surface area contributed by atoms with E-state index in [1.807, 2.05) is 45.0 Å². The maximum atomic E-state index is 13.7. The molecule has 1 aromatic carbocycles. The molecule has 1 aliphatic heterocycles. The van der Waals surface area contributed by atoms with E-state index in [9.17, 15) is 14.4 Å². The van der Waals surface area contributed by atoms with Crippen LogP contribution in [-0.2, 0) is 28.6 Å². The Bertz CT molecular complexity index is 1010. The number of allylic oxidation sites excluding steroid dienone is 3. The molecule has 190 valence electrons. The smallest absolute Gasteiger partial charge is 0.336 e. The SMILES string of the molecule is CCCOCCOC(=O)C1=C(C)NC2=C(C(=O)[C@H](C(=O)OC)[C@@H](C)C2)[C@@H]1c1ccc(OCC)cc1. The molecule has 0 saturated carbocycles. The second-order valence-corrected chi connectivity index (χ2v) is 8.79. The second-order valence-electron chi connectivity index (χ2n) is 8.79. The number of dihydropyridines is 1. The summed E-state index contributed by atoms with van der Waals surface area (Å²) in [6.45, 7) is 9.08. The van der Waals surface area contributed by atoms with Crippen molar-refractivity contribution in [1.29, 1.82) is 0 Å². The van der Waals surface area contributed by atoms with E-state index in [4.69, 9.17) is 18.9 Å². The third-order valence-corrected chi connectivity index (χ3v) is 6.30. The van der Waals surface area contributed by atoms with Crippen molar-refractivity contribution in [2.45, 2.75) is 46.5 Å². The van der Waals surface area contributed by atoms with Crippen molar-refractivity contribution in [2.75, 3.05) is 33.5 Å². The maximum Gasteiger partial charge on any atom is 0.336 e. The van der Waals surface area contributed by atoms with Crippen molar-refractivity contribution in [3.8, 4) is 5.75 Å². The summed E-state index contributed by atoms with van der Waals surface area (Å²) in [5.74, 6) is -2.58. The molecular formula is C27H35NO7. The number of nitrogens with one attached hydrogen (secondary N) is 1. The summed E-state index contributed by atoms with van der Waals surface area (Å²) in [6, 6.07) is 7.31. The highest BCUT2D eigenvalue weighted by Crippen LogP contribution is 2.45. The molecule has 0 amide bonds. The van der Waals surface area contributed by atoms with E-state index in [1.165, 1.54) is 7.11 Å². The molecular weight excluding hydrogens is 450 g/mol. The van der Waals surface area contributed by atoms with E-state index < -0.39 is 23.8 Å². The Hall–Kier alpha value is -3.13. The Morgan fingerprint density at radius 2 is 1.80 bits per heavy atom. The van der Waals surface area contributed by atoms with E-state index in [0.717, 1.165) is 17.7 Å². The first kappa shape index (κ1) is 26.5. The van der Waals surface area contributed by atoms with Gasteiger partial charge in [0.2, 0.25) is 0 Å². The van der Waals surface area contributed by atoms with Crippen LogP contribution in [0.3, 0.4) is 0 Å². The summed E-state index contributed by atoms with van der Waals surface area (Å²) in [4.78, 5) is 39.5. The topological polar surface area (TPSA) is 100 Å². The van der Waals surface area contributed by atoms with Crippen LogP contribution in [0.15, 0.2) is 46.8 Å². The van der Waals surface area contributed by atoms with Crippen LogP contribution in [0.1, 0.15) is 52.0 Å². The van der Waals surface area contributed by atoms with Crippen LogP contribution in [0.4, 0.5) is 0 Å². The molecule has 0 fully saturated rings. The summed E-state index contributed by atoms with van der Waals surface area (Å²) in [7, 11) is 1.28. The summed E-state index contributed by atoms with van der Waals surface area (Å²) in [6.07, 6.45) is 1.36. The van der Waals surface area contributed by atoms with Gasteiger partial charge in [-0.25, -0.2) is 4.79 Å². The van der Waals surface area contributed by atoms with E-state index in [1.54, 1.807) is 6.92 Å². The highest BCUT2D eigenvalue weighted by atomic mass is 16.6. The summed E-state index contributed by atoms with van der Waals surface area (Å²) in [5.41, 5.74) is 2.83. The first-order chi connectivity index (χ1) is 16.8. The lowest BCUT2D eigenvalue weighted by Crippen LogP contribution is -2.43. The summed E-state index contributed by atoms with van der Waals surface area (Å²) >= 11 is 0. The second kappa shape index (κ2) is 12.0. The Morgan fingerprint density at radius 1 is 1.09 bits per heavy atom. The number of rotatable bonds is 10. The molecule has 1 heterocycles. The molecule has 3 rings (SSSR count). The normalized spacial score (nSPS) is 21.9. The summed E-state index contributed by atoms with van der Waals surface area (Å²) in [5, 5.41) is 3.26. The number of esters is 2. The Kier molecular flexibility index (Phi) is 9.09. The van der Waals surface area contributed by atoms with E-state index in [0.29, 0.717) is 48.8 Å². The lowest BCUT2D eigenvalue weighted by atomic mass is 9.69. The number of ether oxygens (including phenoxy) is 4. The highest BCUT2D eigenvalue weighted by Gasteiger charge is 2.47. The third-order valence-electron chi connectivity index (χ3n) is 6.30. The van der Waals surface area contributed by atoms with Gasteiger partial charge in [0.05, 0.1) is 25.9 Å². The zero-order valence-electron chi connectivity index (χ0n) is 21.1. The predicted octanol–water partition coefficient (Wildman–Crippen LogP) is 3.67. The molecule has 1 aromatic rings. The Morgan fingerprint density at radius 3 is 2.43 bits per heavy atom. The number of carbonyl (C=O) groups excluding carboxylic acids is 3. The minimum atomic E-state index is -0.927. The number of benzene rings is 1. The number of methoxy groups -OCH3 is 1. The molecule has 2 aliphatic rings. The molecule has 1 N–H and O–H groups in total. The van der Waals surface area contributed by atoms with Gasteiger partial charge in [-0.05, 0) is 50.3 Å². The van der Waals surface area contributed by atoms with E-state index in [-0.39, 0.29) is 18.3 Å². The van der Waals surface area contributed by atoms with Crippen LogP contribution in [0.2, 0.25) is 0 Å². The Labute approximate surface area is 206 Å². The molecule has 0 saturated heterocycles. The standard InChI is InChI=1S/C27H35NO7/c1-6-12-33-13-14-35-27(31)22-17(4)28-20-15-16(3)21(26(30)32-5)25(29)24(20)23(22)18-8-10-19(11-9-18)34-7-2/h8-11,16,21,23,28H,6-7,12-15H2,1-5H3/t16-,21+,23+/m0/s1. The minimum absolute atomic E-state index is 0.104. The monoisotopic (exact) mass is 485 g/mol. The fourth-order valence-corrected chi connectivity index (χ4v) is 4.73. The number of Topliss-reactive ketones (excluding diaryl/α,β-unsaturated/α-hetero) is 1. The van der Waals surface area contributed by atoms with Crippen LogP contribution in [-0.4, -0.2) is 51.3 Å². The fraction of sp³-hybridized carbons (Fsp3) is 0.519. The van der Waals surface area contributed by atoms with E-state index in [2.05, 4.69) is 5.32 Å². The maximum absolute atomic E-state index is 13.7. The minimum Gasteiger partial charge on any atom is -0.494 e. The summed E-state index contributed by atoms with van der Waals surface area (Å²) < 4.78 is 21.5. The van der Waals surface area contributed by atoms with Gasteiger partial charge in [0.1, 0.15) is 18.3 Å².